The SMILES string of the molecule is CC(C)CCCC(C)C1CCC2C3CC=C4CC(OCCCNC(=O)CCC(=O)O)CCC4(C)C3CCC12C. The molecule has 5 nitrogen and oxygen atoms in total. The molecule has 3 fully saturated rings. The Kier molecular flexibility index (Phi) is 10.3. The van der Waals surface area contributed by atoms with Crippen LogP contribution in [0.2, 0.25) is 0 Å². The second-order valence-electron chi connectivity index (χ2n) is 14.6. The van der Waals surface area contributed by atoms with Gasteiger partial charge in [0.2, 0.25) is 5.91 Å². The van der Waals surface area contributed by atoms with Crippen molar-refractivity contribution < 1.29 is 19.4 Å². The second-order valence-corrected chi connectivity index (χ2v) is 14.6. The van der Waals surface area contributed by atoms with E-state index in [1.165, 1.54) is 57.8 Å². The lowest BCUT2D eigenvalue weighted by Gasteiger charge is -2.58. The van der Waals surface area contributed by atoms with Gasteiger partial charge < -0.3 is 15.2 Å². The average molecular weight is 544 g/mol. The first kappa shape index (κ1) is 30.6. The van der Waals surface area contributed by atoms with E-state index in [0.717, 1.165) is 54.8 Å². The van der Waals surface area contributed by atoms with Crippen LogP contribution in [0.25, 0.3) is 0 Å². The van der Waals surface area contributed by atoms with Crippen molar-refractivity contribution in [3.05, 3.63) is 11.6 Å². The van der Waals surface area contributed by atoms with Crippen LogP contribution in [0.5, 0.6) is 0 Å². The van der Waals surface area contributed by atoms with Crippen LogP contribution in [0.1, 0.15) is 125 Å². The smallest absolute Gasteiger partial charge is 0.303 e. The molecule has 0 radical (unpaired) electrons. The molecule has 0 aromatic rings. The third-order valence-electron chi connectivity index (χ3n) is 11.8. The first-order valence-electron chi connectivity index (χ1n) is 16.3. The summed E-state index contributed by atoms with van der Waals surface area (Å²) >= 11 is 0. The molecule has 4 aliphatic rings. The highest BCUT2D eigenvalue weighted by Gasteiger charge is 2.59. The molecule has 222 valence electrons. The Balaban J connectivity index is 1.27. The number of fused-ring (bicyclic) bond motifs is 5. The molecule has 0 spiro atoms. The molecule has 4 aliphatic carbocycles. The summed E-state index contributed by atoms with van der Waals surface area (Å²) < 4.78 is 6.28. The van der Waals surface area contributed by atoms with Gasteiger partial charge in [-0.25, -0.2) is 0 Å². The van der Waals surface area contributed by atoms with Gasteiger partial charge in [-0.15, -0.1) is 0 Å². The van der Waals surface area contributed by atoms with Crippen molar-refractivity contribution in [1.29, 1.82) is 0 Å². The van der Waals surface area contributed by atoms with E-state index in [2.05, 4.69) is 46.0 Å². The summed E-state index contributed by atoms with van der Waals surface area (Å²) in [5, 5.41) is 11.5. The summed E-state index contributed by atoms with van der Waals surface area (Å²) in [6.07, 6.45) is 18.3. The van der Waals surface area contributed by atoms with Gasteiger partial charge >= 0.3 is 5.97 Å². The zero-order valence-electron chi connectivity index (χ0n) is 25.6. The van der Waals surface area contributed by atoms with E-state index in [4.69, 9.17) is 9.84 Å². The predicted octanol–water partition coefficient (Wildman–Crippen LogP) is 7.78. The van der Waals surface area contributed by atoms with Gasteiger partial charge in [-0.1, -0.05) is 65.5 Å². The number of carboxylic acid groups (broad SMARTS) is 1. The van der Waals surface area contributed by atoms with Crippen LogP contribution in [-0.4, -0.2) is 36.2 Å². The molecule has 0 heterocycles. The van der Waals surface area contributed by atoms with E-state index in [9.17, 15) is 9.59 Å². The van der Waals surface area contributed by atoms with E-state index >= 15 is 0 Å². The number of allylic oxidation sites excluding steroid dienone is 1. The molecule has 0 aromatic carbocycles. The van der Waals surface area contributed by atoms with Crippen molar-refractivity contribution in [3.63, 3.8) is 0 Å². The lowest BCUT2D eigenvalue weighted by Crippen LogP contribution is -2.51. The molecule has 5 heteroatoms. The highest BCUT2D eigenvalue weighted by molar-refractivity contribution is 5.80. The molecule has 0 aromatic heterocycles. The zero-order valence-corrected chi connectivity index (χ0v) is 25.6. The highest BCUT2D eigenvalue weighted by Crippen LogP contribution is 2.67. The Morgan fingerprint density at radius 1 is 1.03 bits per heavy atom. The van der Waals surface area contributed by atoms with Crippen molar-refractivity contribution in [2.45, 2.75) is 131 Å². The van der Waals surface area contributed by atoms with E-state index in [1.54, 1.807) is 5.57 Å². The molecule has 4 rings (SSSR count). The number of aliphatic carboxylic acids is 1. The van der Waals surface area contributed by atoms with E-state index in [1.807, 2.05) is 0 Å². The summed E-state index contributed by atoms with van der Waals surface area (Å²) in [7, 11) is 0. The summed E-state index contributed by atoms with van der Waals surface area (Å²) in [5.74, 6) is 4.10. The van der Waals surface area contributed by atoms with Gasteiger partial charge in [0.25, 0.3) is 0 Å². The van der Waals surface area contributed by atoms with E-state index in [0.29, 0.717) is 30.1 Å². The fraction of sp³-hybridized carbons (Fsp3) is 0.882. The van der Waals surface area contributed by atoms with Crippen molar-refractivity contribution in [1.82, 2.24) is 5.32 Å². The normalized spacial score (nSPS) is 36.5. The Morgan fingerprint density at radius 2 is 1.82 bits per heavy atom. The van der Waals surface area contributed by atoms with Crippen LogP contribution in [0, 0.1) is 46.3 Å². The van der Waals surface area contributed by atoms with Gasteiger partial charge in [-0.2, -0.15) is 0 Å². The molecule has 2 N–H and O–H groups in total. The third kappa shape index (κ3) is 6.93. The van der Waals surface area contributed by atoms with Gasteiger partial charge in [-0.3, -0.25) is 9.59 Å². The van der Waals surface area contributed by atoms with Crippen molar-refractivity contribution in [2.75, 3.05) is 13.2 Å². The van der Waals surface area contributed by atoms with E-state index < -0.39 is 5.97 Å². The molecule has 0 aliphatic heterocycles. The van der Waals surface area contributed by atoms with Crippen LogP contribution in [0.4, 0.5) is 0 Å². The summed E-state index contributed by atoms with van der Waals surface area (Å²) in [6, 6.07) is 0. The molecule has 8 unspecified atom stereocenters. The number of carbonyl (C=O) groups is 2. The van der Waals surface area contributed by atoms with Gasteiger partial charge in [-0.05, 0) is 104 Å². The molecule has 39 heavy (non-hydrogen) atoms. The highest BCUT2D eigenvalue weighted by atomic mass is 16.5. The number of carboxylic acids is 1. The number of hydrogen-bond donors (Lipinski definition) is 2. The Hall–Kier alpha value is -1.36. The summed E-state index contributed by atoms with van der Waals surface area (Å²) in [6.45, 7) is 13.8. The number of nitrogens with one attached hydrogen (secondary N) is 1. The van der Waals surface area contributed by atoms with Crippen LogP contribution < -0.4 is 5.32 Å². The van der Waals surface area contributed by atoms with Crippen molar-refractivity contribution >= 4 is 11.9 Å². The van der Waals surface area contributed by atoms with Crippen LogP contribution in [-0.2, 0) is 14.3 Å². The number of hydrogen-bond acceptors (Lipinski definition) is 3. The van der Waals surface area contributed by atoms with Gasteiger partial charge in [0, 0.05) is 19.6 Å². The largest absolute Gasteiger partial charge is 0.481 e. The zero-order chi connectivity index (χ0) is 28.2. The third-order valence-corrected chi connectivity index (χ3v) is 11.8. The maximum absolute atomic E-state index is 11.7. The average Bonchev–Trinajstić information content (AvgIpc) is 3.24. The molecule has 1 amide bonds. The number of amides is 1. The fourth-order valence-electron chi connectivity index (χ4n) is 9.65. The summed E-state index contributed by atoms with van der Waals surface area (Å²) in [4.78, 5) is 22.3. The van der Waals surface area contributed by atoms with Crippen molar-refractivity contribution in [2.24, 2.45) is 46.3 Å². The second kappa shape index (κ2) is 13.1. The molecule has 8 atom stereocenters. The monoisotopic (exact) mass is 543 g/mol. The van der Waals surface area contributed by atoms with E-state index in [-0.39, 0.29) is 18.7 Å². The maximum atomic E-state index is 11.7. The number of ether oxygens (including phenoxy) is 1. The predicted molar refractivity (Wildman–Crippen MR) is 157 cm³/mol. The first-order chi connectivity index (χ1) is 18.5. The minimum Gasteiger partial charge on any atom is -0.481 e. The molecule has 0 saturated heterocycles. The minimum atomic E-state index is -0.932. The van der Waals surface area contributed by atoms with Gasteiger partial charge in [0.1, 0.15) is 0 Å². The lowest BCUT2D eigenvalue weighted by molar-refractivity contribution is -0.138. The van der Waals surface area contributed by atoms with Crippen LogP contribution >= 0.6 is 0 Å². The Bertz CT molecular complexity index is 882. The molecule has 0 bridgehead atoms. The standard InChI is InChI=1S/C34H57NO4/c1-23(2)8-6-9-24(3)28-12-13-29-27-11-10-25-22-26(39-21-7-20-35-31(36)14-15-32(37)38)16-18-33(25,4)30(27)17-19-34(28,29)5/h10,23-24,26-30H,6-9,11-22H2,1-5H3,(H,35,36)(H,37,38). The van der Waals surface area contributed by atoms with Crippen molar-refractivity contribution in [3.8, 4) is 0 Å². The summed E-state index contributed by atoms with van der Waals surface area (Å²) in [5.41, 5.74) is 2.56. The molecular formula is C34H57NO4. The Labute approximate surface area is 238 Å². The van der Waals surface area contributed by atoms with Crippen LogP contribution in [0.15, 0.2) is 11.6 Å². The molecule has 3 saturated carbocycles. The topological polar surface area (TPSA) is 75.6 Å². The van der Waals surface area contributed by atoms with Gasteiger partial charge in [0.15, 0.2) is 0 Å². The Morgan fingerprint density at radius 3 is 2.56 bits per heavy atom. The van der Waals surface area contributed by atoms with Crippen LogP contribution in [0.3, 0.4) is 0 Å². The lowest BCUT2D eigenvalue weighted by atomic mass is 9.47. The molecular weight excluding hydrogens is 486 g/mol. The fourth-order valence-corrected chi connectivity index (χ4v) is 9.65. The minimum absolute atomic E-state index is 0.0473. The maximum Gasteiger partial charge on any atom is 0.303 e. The van der Waals surface area contributed by atoms with Gasteiger partial charge in [0.05, 0.1) is 12.5 Å². The first-order valence-corrected chi connectivity index (χ1v) is 16.3. The quantitative estimate of drug-likeness (QED) is 0.184. The number of rotatable bonds is 13. The number of carbonyl (C=O) groups excluding carboxylic acids is 1.